The van der Waals surface area contributed by atoms with E-state index in [-0.39, 0.29) is 5.92 Å². The number of rotatable bonds is 1. The van der Waals surface area contributed by atoms with Crippen molar-refractivity contribution in [3.63, 3.8) is 0 Å². The Balaban J connectivity index is 1.50. The zero-order chi connectivity index (χ0) is 12.8. The molecule has 1 amide bonds. The molecule has 1 N–H and O–H groups in total. The highest BCUT2D eigenvalue weighted by Gasteiger charge is 2.42. The van der Waals surface area contributed by atoms with E-state index in [0.29, 0.717) is 11.9 Å². The second-order valence-electron chi connectivity index (χ2n) is 6.26. The summed E-state index contributed by atoms with van der Waals surface area (Å²) in [5.74, 6) is 1.31. The summed E-state index contributed by atoms with van der Waals surface area (Å²) in [6.45, 7) is 1.81. The largest absolute Gasteiger partial charge is 0.384 e. The highest BCUT2D eigenvalue weighted by atomic mass is 16.2. The zero-order valence-electron chi connectivity index (χ0n) is 11.1. The number of carbonyl (C=O) groups is 1. The Hall–Kier alpha value is -1.51. The first-order chi connectivity index (χ1) is 9.31. The number of likely N-dealkylation sites (tertiary alicyclic amines) is 1. The number of fused-ring (bicyclic) bond motifs is 3. The van der Waals surface area contributed by atoms with Gasteiger partial charge < -0.3 is 10.2 Å². The number of piperidine rings is 1. The smallest absolute Gasteiger partial charge is 0.228 e. The van der Waals surface area contributed by atoms with E-state index in [4.69, 9.17) is 0 Å². The lowest BCUT2D eigenvalue weighted by molar-refractivity contribution is -0.136. The summed E-state index contributed by atoms with van der Waals surface area (Å²) in [7, 11) is 0. The molecule has 0 radical (unpaired) electrons. The Morgan fingerprint density at radius 1 is 1.26 bits per heavy atom. The van der Waals surface area contributed by atoms with Crippen LogP contribution in [0.1, 0.15) is 24.8 Å². The van der Waals surface area contributed by atoms with Crippen LogP contribution in [0.2, 0.25) is 0 Å². The van der Waals surface area contributed by atoms with Gasteiger partial charge in [-0.3, -0.25) is 4.79 Å². The summed E-state index contributed by atoms with van der Waals surface area (Å²) in [4.78, 5) is 14.9. The fourth-order valence-corrected chi connectivity index (χ4v) is 4.05. The molecule has 2 aliphatic heterocycles. The number of nitrogens with zero attached hydrogens (tertiary/aromatic N) is 1. The van der Waals surface area contributed by atoms with E-state index >= 15 is 0 Å². The van der Waals surface area contributed by atoms with E-state index in [0.717, 1.165) is 25.4 Å². The van der Waals surface area contributed by atoms with Gasteiger partial charge in [-0.2, -0.15) is 0 Å². The summed E-state index contributed by atoms with van der Waals surface area (Å²) in [5.41, 5.74) is 2.49. The van der Waals surface area contributed by atoms with Crippen LogP contribution in [0.4, 0.5) is 5.69 Å². The van der Waals surface area contributed by atoms with Crippen molar-refractivity contribution in [2.24, 2.45) is 11.8 Å². The van der Waals surface area contributed by atoms with Crippen LogP contribution in [-0.4, -0.2) is 29.9 Å². The van der Waals surface area contributed by atoms with Crippen LogP contribution in [0.25, 0.3) is 0 Å². The van der Waals surface area contributed by atoms with Gasteiger partial charge in [0.2, 0.25) is 5.91 Å². The number of amides is 1. The van der Waals surface area contributed by atoms with E-state index in [1.807, 2.05) is 6.07 Å². The molecule has 2 bridgehead atoms. The molecular weight excluding hydrogens is 236 g/mol. The molecule has 0 spiro atoms. The normalized spacial score (nSPS) is 32.0. The van der Waals surface area contributed by atoms with Crippen LogP contribution in [0, 0.1) is 11.8 Å². The minimum atomic E-state index is 0.134. The molecule has 3 aliphatic rings. The molecule has 1 saturated carbocycles. The van der Waals surface area contributed by atoms with Gasteiger partial charge in [0, 0.05) is 24.8 Å². The fraction of sp³-hybridized carbons (Fsp3) is 0.562. The van der Waals surface area contributed by atoms with Gasteiger partial charge in [-0.05, 0) is 43.2 Å². The maximum Gasteiger partial charge on any atom is 0.228 e. The topological polar surface area (TPSA) is 32.3 Å². The third-order valence-corrected chi connectivity index (χ3v) is 5.06. The maximum atomic E-state index is 12.7. The quantitative estimate of drug-likeness (QED) is 0.836. The standard InChI is InChI=1S/C16H20N2O/c19-16(18-10-11-5-6-14(18)7-11)13-8-12-3-1-2-4-15(12)17-9-13/h1-4,11,13-14,17H,5-10H2. The molecule has 2 heterocycles. The summed E-state index contributed by atoms with van der Waals surface area (Å²) >= 11 is 0. The monoisotopic (exact) mass is 256 g/mol. The third-order valence-electron chi connectivity index (χ3n) is 5.06. The molecule has 2 fully saturated rings. The van der Waals surface area contributed by atoms with E-state index < -0.39 is 0 Å². The second-order valence-corrected chi connectivity index (χ2v) is 6.26. The summed E-state index contributed by atoms with van der Waals surface area (Å²) in [5, 5.41) is 3.41. The first kappa shape index (κ1) is 11.3. The van der Waals surface area contributed by atoms with Crippen molar-refractivity contribution in [1.29, 1.82) is 0 Å². The Morgan fingerprint density at radius 3 is 2.95 bits per heavy atom. The highest BCUT2D eigenvalue weighted by molar-refractivity contribution is 5.81. The number of anilines is 1. The van der Waals surface area contributed by atoms with Crippen LogP contribution in [-0.2, 0) is 11.2 Å². The molecule has 3 heteroatoms. The van der Waals surface area contributed by atoms with Gasteiger partial charge in [-0.15, -0.1) is 0 Å². The van der Waals surface area contributed by atoms with Crippen LogP contribution in [0.5, 0.6) is 0 Å². The average Bonchev–Trinajstić information content (AvgIpc) is 3.08. The molecule has 3 atom stereocenters. The molecule has 1 aromatic rings. The fourth-order valence-electron chi connectivity index (χ4n) is 4.05. The van der Waals surface area contributed by atoms with Crippen molar-refractivity contribution >= 4 is 11.6 Å². The van der Waals surface area contributed by atoms with Crippen LogP contribution in [0.3, 0.4) is 0 Å². The van der Waals surface area contributed by atoms with Crippen molar-refractivity contribution < 1.29 is 4.79 Å². The average molecular weight is 256 g/mol. The second kappa shape index (κ2) is 4.26. The molecule has 0 aromatic heterocycles. The number of para-hydroxylation sites is 1. The van der Waals surface area contributed by atoms with E-state index in [9.17, 15) is 4.79 Å². The number of nitrogens with one attached hydrogen (secondary N) is 1. The first-order valence-electron chi connectivity index (χ1n) is 7.43. The Bertz CT molecular complexity index is 513. The molecule has 1 aliphatic carbocycles. The number of benzene rings is 1. The minimum absolute atomic E-state index is 0.134. The van der Waals surface area contributed by atoms with Crippen molar-refractivity contribution in [3.8, 4) is 0 Å². The summed E-state index contributed by atoms with van der Waals surface area (Å²) in [6.07, 6.45) is 4.71. The van der Waals surface area contributed by atoms with Gasteiger partial charge in [-0.25, -0.2) is 0 Å². The molecule has 4 rings (SSSR count). The molecule has 3 unspecified atom stereocenters. The van der Waals surface area contributed by atoms with Crippen molar-refractivity contribution in [3.05, 3.63) is 29.8 Å². The SMILES string of the molecule is O=C(C1CNc2ccccc2C1)N1CC2CCC1C2. The number of carbonyl (C=O) groups excluding carboxylic acids is 1. The minimum Gasteiger partial charge on any atom is -0.384 e. The Kier molecular flexibility index (Phi) is 2.54. The molecule has 100 valence electrons. The van der Waals surface area contributed by atoms with Crippen molar-refractivity contribution in [1.82, 2.24) is 4.90 Å². The van der Waals surface area contributed by atoms with Gasteiger partial charge in [0.15, 0.2) is 0 Å². The van der Waals surface area contributed by atoms with Crippen LogP contribution < -0.4 is 5.32 Å². The number of hydrogen-bond donors (Lipinski definition) is 1. The van der Waals surface area contributed by atoms with Gasteiger partial charge in [0.05, 0.1) is 5.92 Å². The van der Waals surface area contributed by atoms with Crippen molar-refractivity contribution in [2.45, 2.75) is 31.7 Å². The Morgan fingerprint density at radius 2 is 2.16 bits per heavy atom. The Labute approximate surface area is 114 Å². The van der Waals surface area contributed by atoms with E-state index in [1.165, 1.54) is 30.5 Å². The van der Waals surface area contributed by atoms with Gasteiger partial charge in [-0.1, -0.05) is 18.2 Å². The van der Waals surface area contributed by atoms with Crippen molar-refractivity contribution in [2.75, 3.05) is 18.4 Å². The number of hydrogen-bond acceptors (Lipinski definition) is 2. The maximum absolute atomic E-state index is 12.7. The summed E-state index contributed by atoms with van der Waals surface area (Å²) < 4.78 is 0. The lowest BCUT2D eigenvalue weighted by atomic mass is 9.92. The molecule has 1 saturated heterocycles. The lowest BCUT2D eigenvalue weighted by Crippen LogP contribution is -2.45. The highest BCUT2D eigenvalue weighted by Crippen LogP contribution is 2.38. The van der Waals surface area contributed by atoms with Gasteiger partial charge in [0.1, 0.15) is 0 Å². The molecule has 3 nitrogen and oxygen atoms in total. The van der Waals surface area contributed by atoms with Gasteiger partial charge >= 0.3 is 0 Å². The lowest BCUT2D eigenvalue weighted by Gasteiger charge is -2.33. The predicted molar refractivity (Wildman–Crippen MR) is 75.0 cm³/mol. The zero-order valence-corrected chi connectivity index (χ0v) is 11.1. The molecule has 1 aromatic carbocycles. The first-order valence-corrected chi connectivity index (χ1v) is 7.43. The van der Waals surface area contributed by atoms with Crippen LogP contribution in [0.15, 0.2) is 24.3 Å². The van der Waals surface area contributed by atoms with E-state index in [1.54, 1.807) is 0 Å². The van der Waals surface area contributed by atoms with Gasteiger partial charge in [0.25, 0.3) is 0 Å². The molecular formula is C16H20N2O. The predicted octanol–water partition coefficient (Wildman–Crippen LogP) is 2.28. The summed E-state index contributed by atoms with van der Waals surface area (Å²) in [6, 6.07) is 8.90. The van der Waals surface area contributed by atoms with E-state index in [2.05, 4.69) is 28.4 Å². The third kappa shape index (κ3) is 1.83. The van der Waals surface area contributed by atoms with Crippen LogP contribution >= 0.6 is 0 Å². The molecule has 19 heavy (non-hydrogen) atoms.